The highest BCUT2D eigenvalue weighted by Crippen LogP contribution is 2.18. The molecule has 0 saturated carbocycles. The number of ketones is 1. The lowest BCUT2D eigenvalue weighted by Crippen LogP contribution is -2.09. The number of Topliss-reactive ketones (excluding diaryl/α,β-unsaturated/α-hetero) is 1. The fourth-order valence-electron chi connectivity index (χ4n) is 0.526. The molecule has 0 amide bonds. The molecule has 1 rings (SSSR count). The summed E-state index contributed by atoms with van der Waals surface area (Å²) in [6, 6.07) is 0. The van der Waals surface area contributed by atoms with E-state index < -0.39 is 0 Å². The Morgan fingerprint density at radius 1 is 1.75 bits per heavy atom. The largest absolute Gasteiger partial charge is 0.298 e. The lowest BCUT2D eigenvalue weighted by Gasteiger charge is -2.00. The standard InChI is InChI=1S/C7H10N2OS2/c1-5(2)6(10)3-11-7-8-4-9-12-7/h4-5H,3H2,1-2H3. The van der Waals surface area contributed by atoms with Crippen molar-refractivity contribution in [2.75, 3.05) is 5.75 Å². The molecule has 0 unspecified atom stereocenters. The number of nitrogens with zero attached hydrogens (tertiary/aromatic N) is 2. The summed E-state index contributed by atoms with van der Waals surface area (Å²) >= 11 is 2.79. The zero-order valence-corrected chi connectivity index (χ0v) is 8.61. The molecule has 1 aromatic rings. The highest BCUT2D eigenvalue weighted by atomic mass is 32.2. The molecular formula is C7H10N2OS2. The van der Waals surface area contributed by atoms with Crippen molar-refractivity contribution in [2.45, 2.75) is 18.2 Å². The van der Waals surface area contributed by atoms with Crippen molar-refractivity contribution in [2.24, 2.45) is 5.92 Å². The van der Waals surface area contributed by atoms with Gasteiger partial charge in [-0.3, -0.25) is 4.79 Å². The van der Waals surface area contributed by atoms with Crippen LogP contribution in [0.5, 0.6) is 0 Å². The molecule has 0 atom stereocenters. The highest BCUT2D eigenvalue weighted by molar-refractivity contribution is 8.01. The van der Waals surface area contributed by atoms with Crippen LogP contribution in [-0.4, -0.2) is 20.9 Å². The summed E-state index contributed by atoms with van der Waals surface area (Å²) < 4.78 is 4.71. The van der Waals surface area contributed by atoms with Crippen LogP contribution in [0.15, 0.2) is 10.7 Å². The lowest BCUT2D eigenvalue weighted by atomic mass is 10.1. The van der Waals surface area contributed by atoms with Crippen molar-refractivity contribution in [3.63, 3.8) is 0 Å². The third-order valence-corrected chi connectivity index (χ3v) is 3.14. The van der Waals surface area contributed by atoms with Crippen molar-refractivity contribution in [1.29, 1.82) is 0 Å². The summed E-state index contributed by atoms with van der Waals surface area (Å²) in [4.78, 5) is 15.1. The van der Waals surface area contributed by atoms with Crippen molar-refractivity contribution >= 4 is 29.1 Å². The minimum atomic E-state index is 0.116. The Morgan fingerprint density at radius 3 is 3.00 bits per heavy atom. The normalized spacial score (nSPS) is 10.6. The average molecular weight is 202 g/mol. The van der Waals surface area contributed by atoms with Crippen LogP contribution in [0.3, 0.4) is 0 Å². The summed E-state index contributed by atoms with van der Waals surface area (Å²) in [5, 5.41) is 0. The number of carbonyl (C=O) groups is 1. The molecule has 12 heavy (non-hydrogen) atoms. The first-order valence-electron chi connectivity index (χ1n) is 3.62. The molecule has 0 bridgehead atoms. The van der Waals surface area contributed by atoms with E-state index in [4.69, 9.17) is 0 Å². The van der Waals surface area contributed by atoms with Crippen LogP contribution in [0.4, 0.5) is 0 Å². The van der Waals surface area contributed by atoms with Crippen LogP contribution in [0, 0.1) is 5.92 Å². The SMILES string of the molecule is CC(C)C(=O)CSc1ncns1. The number of rotatable bonds is 4. The second kappa shape index (κ2) is 4.57. The van der Waals surface area contributed by atoms with Gasteiger partial charge in [0.2, 0.25) is 0 Å². The van der Waals surface area contributed by atoms with Gasteiger partial charge in [-0.15, -0.1) is 0 Å². The number of aromatic nitrogens is 2. The summed E-state index contributed by atoms with van der Waals surface area (Å²) in [7, 11) is 0. The van der Waals surface area contributed by atoms with E-state index in [0.717, 1.165) is 4.34 Å². The van der Waals surface area contributed by atoms with Gasteiger partial charge < -0.3 is 0 Å². The molecule has 0 aliphatic heterocycles. The second-order valence-corrected chi connectivity index (χ2v) is 4.62. The Balaban J connectivity index is 2.32. The van der Waals surface area contributed by atoms with Gasteiger partial charge in [0.15, 0.2) is 4.34 Å². The third-order valence-electron chi connectivity index (χ3n) is 1.32. The van der Waals surface area contributed by atoms with Crippen molar-refractivity contribution in [3.8, 4) is 0 Å². The van der Waals surface area contributed by atoms with E-state index in [2.05, 4.69) is 9.36 Å². The maximum atomic E-state index is 11.2. The zero-order chi connectivity index (χ0) is 8.97. The van der Waals surface area contributed by atoms with Crippen LogP contribution >= 0.6 is 23.3 Å². The molecule has 0 aliphatic carbocycles. The Morgan fingerprint density at radius 2 is 2.50 bits per heavy atom. The summed E-state index contributed by atoms with van der Waals surface area (Å²) in [5.74, 6) is 0.882. The maximum Gasteiger partial charge on any atom is 0.170 e. The first-order valence-corrected chi connectivity index (χ1v) is 5.38. The number of thioether (sulfide) groups is 1. The van der Waals surface area contributed by atoms with Crippen LogP contribution in [-0.2, 0) is 4.79 Å². The molecule has 1 aromatic heterocycles. The molecule has 0 radical (unpaired) electrons. The quantitative estimate of drug-likeness (QED) is 0.699. The molecule has 5 heteroatoms. The first kappa shape index (κ1) is 9.67. The van der Waals surface area contributed by atoms with Gasteiger partial charge in [-0.05, 0) is 11.5 Å². The predicted octanol–water partition coefficient (Wildman–Crippen LogP) is 1.86. The molecule has 0 aliphatic rings. The molecule has 0 fully saturated rings. The Hall–Kier alpha value is -0.420. The van der Waals surface area contributed by atoms with Gasteiger partial charge in [0, 0.05) is 5.92 Å². The van der Waals surface area contributed by atoms with Crippen molar-refractivity contribution in [3.05, 3.63) is 6.33 Å². The topological polar surface area (TPSA) is 42.9 Å². The van der Waals surface area contributed by atoms with Crippen molar-refractivity contribution < 1.29 is 4.79 Å². The van der Waals surface area contributed by atoms with E-state index in [0.29, 0.717) is 5.75 Å². The minimum absolute atomic E-state index is 0.116. The molecule has 0 N–H and O–H groups in total. The van der Waals surface area contributed by atoms with Gasteiger partial charge in [0.1, 0.15) is 12.1 Å². The van der Waals surface area contributed by atoms with E-state index in [-0.39, 0.29) is 11.7 Å². The van der Waals surface area contributed by atoms with Gasteiger partial charge in [-0.25, -0.2) is 4.98 Å². The fourth-order valence-corrected chi connectivity index (χ4v) is 2.04. The summed E-state index contributed by atoms with van der Waals surface area (Å²) in [6.45, 7) is 3.81. The summed E-state index contributed by atoms with van der Waals surface area (Å²) in [6.07, 6.45) is 1.51. The van der Waals surface area contributed by atoms with Gasteiger partial charge in [-0.1, -0.05) is 25.6 Å². The Bertz CT molecular complexity index is 246. The van der Waals surface area contributed by atoms with Crippen LogP contribution in [0.2, 0.25) is 0 Å². The van der Waals surface area contributed by atoms with E-state index in [1.54, 1.807) is 0 Å². The lowest BCUT2D eigenvalue weighted by molar-refractivity contribution is -0.119. The van der Waals surface area contributed by atoms with E-state index in [1.807, 2.05) is 13.8 Å². The molecule has 0 spiro atoms. The van der Waals surface area contributed by atoms with Crippen LogP contribution < -0.4 is 0 Å². The highest BCUT2D eigenvalue weighted by Gasteiger charge is 2.08. The van der Waals surface area contributed by atoms with E-state index in [1.165, 1.54) is 29.6 Å². The van der Waals surface area contributed by atoms with E-state index >= 15 is 0 Å². The van der Waals surface area contributed by atoms with Gasteiger partial charge in [-0.2, -0.15) is 4.37 Å². The zero-order valence-electron chi connectivity index (χ0n) is 6.98. The van der Waals surface area contributed by atoms with E-state index in [9.17, 15) is 4.79 Å². The third kappa shape index (κ3) is 2.91. The Labute approximate surface area is 79.8 Å². The fraction of sp³-hybridized carbons (Fsp3) is 0.571. The molecule has 66 valence electrons. The summed E-state index contributed by atoms with van der Waals surface area (Å²) in [5.41, 5.74) is 0. The van der Waals surface area contributed by atoms with Gasteiger partial charge in [0.05, 0.1) is 5.75 Å². The van der Waals surface area contributed by atoms with Crippen LogP contribution in [0.25, 0.3) is 0 Å². The number of carbonyl (C=O) groups excluding carboxylic acids is 1. The van der Waals surface area contributed by atoms with Crippen molar-refractivity contribution in [1.82, 2.24) is 9.36 Å². The molecule has 0 aromatic carbocycles. The monoisotopic (exact) mass is 202 g/mol. The maximum absolute atomic E-state index is 11.2. The van der Waals surface area contributed by atoms with Gasteiger partial charge >= 0.3 is 0 Å². The molecular weight excluding hydrogens is 192 g/mol. The number of hydrogen-bond donors (Lipinski definition) is 0. The second-order valence-electron chi connectivity index (χ2n) is 2.62. The molecule has 1 heterocycles. The van der Waals surface area contributed by atoms with Gasteiger partial charge in [0.25, 0.3) is 0 Å². The molecule has 3 nitrogen and oxygen atoms in total. The first-order chi connectivity index (χ1) is 5.70. The Kier molecular flexibility index (Phi) is 3.68. The van der Waals surface area contributed by atoms with Crippen LogP contribution in [0.1, 0.15) is 13.8 Å². The predicted molar refractivity (Wildman–Crippen MR) is 50.5 cm³/mol. The number of hydrogen-bond acceptors (Lipinski definition) is 5. The molecule has 0 saturated heterocycles. The average Bonchev–Trinajstić information content (AvgIpc) is 2.51. The smallest absolute Gasteiger partial charge is 0.170 e. The minimum Gasteiger partial charge on any atom is -0.298 e.